The van der Waals surface area contributed by atoms with E-state index in [1.807, 2.05) is 42.2 Å². The molecule has 1 heterocycles. The summed E-state index contributed by atoms with van der Waals surface area (Å²) in [4.78, 5) is 6.75. The summed E-state index contributed by atoms with van der Waals surface area (Å²) in [6, 6.07) is 17.7. The van der Waals surface area contributed by atoms with Gasteiger partial charge in [0.1, 0.15) is 17.6 Å². The van der Waals surface area contributed by atoms with Crippen molar-refractivity contribution in [2.24, 2.45) is 10.2 Å². The van der Waals surface area contributed by atoms with Crippen molar-refractivity contribution >= 4 is 38.5 Å². The molecule has 1 aromatic heterocycles. The van der Waals surface area contributed by atoms with E-state index in [1.54, 1.807) is 19.1 Å². The van der Waals surface area contributed by atoms with Crippen LogP contribution in [-0.2, 0) is 14.6 Å². The van der Waals surface area contributed by atoms with Crippen LogP contribution >= 0.6 is 0 Å². The number of pyridine rings is 1. The summed E-state index contributed by atoms with van der Waals surface area (Å²) >= 11 is 0. The Morgan fingerprint density at radius 1 is 0.977 bits per heavy atom. The SMILES string of the molecule is CCCN(CCO)CCS(=O)(=O)c1ccc(/N=N/c2c(Nc3ccccc3)nc(NCCOCCO)c(C#N)c2C)cc1. The Labute approximate surface area is 253 Å². The van der Waals surface area contributed by atoms with Gasteiger partial charge in [-0.15, -0.1) is 5.11 Å². The molecule has 2 aromatic carbocycles. The van der Waals surface area contributed by atoms with Gasteiger partial charge in [-0.1, -0.05) is 25.1 Å². The van der Waals surface area contributed by atoms with Crippen LogP contribution < -0.4 is 10.6 Å². The molecule has 0 saturated carbocycles. The van der Waals surface area contributed by atoms with Gasteiger partial charge in [0.25, 0.3) is 0 Å². The van der Waals surface area contributed by atoms with Gasteiger partial charge in [0, 0.05) is 30.9 Å². The normalized spacial score (nSPS) is 11.6. The number of nitrogens with zero attached hydrogens (tertiary/aromatic N) is 5. The summed E-state index contributed by atoms with van der Waals surface area (Å²) in [5.41, 5.74) is 2.41. The van der Waals surface area contributed by atoms with Gasteiger partial charge in [-0.25, -0.2) is 13.4 Å². The number of anilines is 3. The monoisotopic (exact) mass is 609 g/mol. The second-order valence-corrected chi connectivity index (χ2v) is 11.7. The first kappa shape index (κ1) is 33.6. The molecule has 13 heteroatoms. The smallest absolute Gasteiger partial charge is 0.179 e. The Bertz CT molecular complexity index is 1470. The van der Waals surface area contributed by atoms with Crippen molar-refractivity contribution in [2.75, 3.05) is 69.0 Å². The lowest BCUT2D eigenvalue weighted by atomic mass is 10.1. The largest absolute Gasteiger partial charge is 0.395 e. The maximum Gasteiger partial charge on any atom is 0.179 e. The molecule has 0 bridgehead atoms. The van der Waals surface area contributed by atoms with E-state index in [9.17, 15) is 18.8 Å². The molecule has 0 unspecified atom stereocenters. The van der Waals surface area contributed by atoms with Crippen LogP contribution in [0.4, 0.5) is 28.7 Å². The Balaban J connectivity index is 1.86. The van der Waals surface area contributed by atoms with E-state index in [1.165, 1.54) is 12.1 Å². The number of ether oxygens (including phenoxy) is 1. The van der Waals surface area contributed by atoms with E-state index >= 15 is 0 Å². The van der Waals surface area contributed by atoms with Gasteiger partial charge in [-0.2, -0.15) is 10.4 Å². The fourth-order valence-electron chi connectivity index (χ4n) is 4.22. The van der Waals surface area contributed by atoms with Crippen LogP contribution in [0.15, 0.2) is 69.7 Å². The van der Waals surface area contributed by atoms with Gasteiger partial charge < -0.3 is 30.5 Å². The van der Waals surface area contributed by atoms with Crippen LogP contribution in [0.1, 0.15) is 24.5 Å². The summed E-state index contributed by atoms with van der Waals surface area (Å²) in [6.45, 7) is 6.07. The Morgan fingerprint density at radius 3 is 2.37 bits per heavy atom. The molecule has 43 heavy (non-hydrogen) atoms. The third-order valence-corrected chi connectivity index (χ3v) is 8.14. The minimum atomic E-state index is -3.53. The van der Waals surface area contributed by atoms with Gasteiger partial charge in [0.2, 0.25) is 0 Å². The van der Waals surface area contributed by atoms with Crippen molar-refractivity contribution in [3.05, 3.63) is 65.7 Å². The molecule has 0 spiro atoms. The number of nitrogens with one attached hydrogen (secondary N) is 2. The van der Waals surface area contributed by atoms with Gasteiger partial charge in [0.15, 0.2) is 15.7 Å². The van der Waals surface area contributed by atoms with Gasteiger partial charge in [-0.3, -0.25) is 0 Å². The third-order valence-electron chi connectivity index (χ3n) is 6.43. The van der Waals surface area contributed by atoms with Crippen LogP contribution in [0.2, 0.25) is 0 Å². The Morgan fingerprint density at radius 2 is 1.72 bits per heavy atom. The van der Waals surface area contributed by atoms with Gasteiger partial charge >= 0.3 is 0 Å². The highest BCUT2D eigenvalue weighted by Gasteiger charge is 2.19. The van der Waals surface area contributed by atoms with E-state index in [0.717, 1.165) is 12.1 Å². The third kappa shape index (κ3) is 10.1. The molecule has 12 nitrogen and oxygen atoms in total. The van der Waals surface area contributed by atoms with Crippen LogP contribution in [0.5, 0.6) is 0 Å². The van der Waals surface area contributed by atoms with Crippen molar-refractivity contribution in [1.29, 1.82) is 5.26 Å². The maximum atomic E-state index is 12.9. The summed E-state index contributed by atoms with van der Waals surface area (Å²) in [5.74, 6) is 0.679. The zero-order valence-electron chi connectivity index (χ0n) is 24.5. The minimum absolute atomic E-state index is 0.0210. The zero-order valence-corrected chi connectivity index (χ0v) is 25.3. The van der Waals surface area contributed by atoms with E-state index < -0.39 is 9.84 Å². The fraction of sp³-hybridized carbons (Fsp3) is 0.400. The van der Waals surface area contributed by atoms with Crippen molar-refractivity contribution in [3.63, 3.8) is 0 Å². The Hall–Kier alpha value is -3.93. The number of benzene rings is 2. The second-order valence-electron chi connectivity index (χ2n) is 9.60. The molecule has 0 atom stereocenters. The molecule has 0 aliphatic rings. The lowest BCUT2D eigenvalue weighted by molar-refractivity contribution is 0.0992. The number of aliphatic hydroxyl groups excluding tert-OH is 2. The lowest BCUT2D eigenvalue weighted by Gasteiger charge is -2.20. The molecule has 0 aliphatic heterocycles. The molecule has 230 valence electrons. The molecule has 3 rings (SSSR count). The molecule has 0 fully saturated rings. The maximum absolute atomic E-state index is 12.9. The highest BCUT2D eigenvalue weighted by molar-refractivity contribution is 7.91. The molecule has 0 saturated heterocycles. The quantitative estimate of drug-likeness (QED) is 0.120. The van der Waals surface area contributed by atoms with Crippen LogP contribution in [-0.4, -0.2) is 86.9 Å². The first-order valence-electron chi connectivity index (χ1n) is 14.1. The fourth-order valence-corrected chi connectivity index (χ4v) is 5.51. The van der Waals surface area contributed by atoms with Gasteiger partial charge in [-0.05, 0) is 56.3 Å². The molecule has 0 amide bonds. The molecular weight excluding hydrogens is 570 g/mol. The van der Waals surface area contributed by atoms with E-state index in [-0.39, 0.29) is 30.5 Å². The summed E-state index contributed by atoms with van der Waals surface area (Å²) in [7, 11) is -3.53. The van der Waals surface area contributed by atoms with Crippen LogP contribution in [0, 0.1) is 18.3 Å². The molecule has 4 N–H and O–H groups in total. The van der Waals surface area contributed by atoms with E-state index in [2.05, 4.69) is 31.9 Å². The summed E-state index contributed by atoms with van der Waals surface area (Å²) < 4.78 is 31.1. The predicted octanol–water partition coefficient (Wildman–Crippen LogP) is 4.32. The molecule has 3 aromatic rings. The number of azo groups is 1. The molecular formula is C30H39N7O5S. The number of nitriles is 1. The van der Waals surface area contributed by atoms with E-state index in [4.69, 9.17) is 9.84 Å². The van der Waals surface area contributed by atoms with Crippen LogP contribution in [0.3, 0.4) is 0 Å². The first-order valence-corrected chi connectivity index (χ1v) is 15.7. The first-order chi connectivity index (χ1) is 20.8. The highest BCUT2D eigenvalue weighted by Crippen LogP contribution is 2.36. The number of aromatic nitrogens is 1. The lowest BCUT2D eigenvalue weighted by Crippen LogP contribution is -2.32. The number of hydrogen-bond acceptors (Lipinski definition) is 12. The minimum Gasteiger partial charge on any atom is -0.395 e. The molecule has 0 radical (unpaired) electrons. The summed E-state index contributed by atoms with van der Waals surface area (Å²) in [5, 5.41) is 43.2. The zero-order chi connectivity index (χ0) is 31.1. The number of rotatable bonds is 18. The topological polar surface area (TPSA) is 173 Å². The Kier molecular flexibility index (Phi) is 13.5. The second kappa shape index (κ2) is 17.3. The number of sulfone groups is 1. The van der Waals surface area contributed by atoms with Crippen molar-refractivity contribution < 1.29 is 23.4 Å². The van der Waals surface area contributed by atoms with Crippen molar-refractivity contribution in [1.82, 2.24) is 9.88 Å². The molecule has 0 aliphatic carbocycles. The average Bonchev–Trinajstić information content (AvgIpc) is 3.00. The average molecular weight is 610 g/mol. The number of hydrogen-bond donors (Lipinski definition) is 4. The number of aliphatic hydroxyl groups is 2. The van der Waals surface area contributed by atoms with Crippen LogP contribution in [0.25, 0.3) is 0 Å². The highest BCUT2D eigenvalue weighted by atomic mass is 32.2. The van der Waals surface area contributed by atoms with Crippen molar-refractivity contribution in [3.8, 4) is 6.07 Å². The summed E-state index contributed by atoms with van der Waals surface area (Å²) in [6.07, 6.45) is 0.868. The predicted molar refractivity (Wildman–Crippen MR) is 166 cm³/mol. The van der Waals surface area contributed by atoms with E-state index in [0.29, 0.717) is 66.9 Å². The standard InChI is InChI=1S/C30H39N7O5S/c1-3-14-37(15-17-38)16-21-43(40,41)26-11-9-25(10-12-26)35-36-28-23(2)27(22-31)29(32-13-19-42-20-18-39)34-30(28)33-24-7-5-4-6-8-24/h4-12,38-39H,3,13-21H2,1-2H3,(H2,32,33,34)/b36-35+. The van der Waals surface area contributed by atoms with Gasteiger partial charge in [0.05, 0.1) is 48.3 Å². The number of para-hydroxylation sites is 1. The van der Waals surface area contributed by atoms with Crippen molar-refractivity contribution in [2.45, 2.75) is 25.2 Å².